The minimum Gasteiger partial charge on any atom is -0.334 e. The minimum atomic E-state index is -0.161. The zero-order valence-electron chi connectivity index (χ0n) is 16.5. The number of nitrogens with zero attached hydrogens (tertiary/aromatic N) is 2. The number of allylic oxidation sites excluding steroid dienone is 1. The summed E-state index contributed by atoms with van der Waals surface area (Å²) in [7, 11) is 0. The number of aryl methyl sites for hydroxylation is 1. The largest absolute Gasteiger partial charge is 0.334 e. The number of aromatic nitrogens is 2. The quantitative estimate of drug-likeness (QED) is 0.556. The van der Waals surface area contributed by atoms with Crippen LogP contribution in [0.4, 0.5) is 5.00 Å². The molecule has 0 saturated heterocycles. The maximum atomic E-state index is 13.0. The molecule has 0 radical (unpaired) electrons. The van der Waals surface area contributed by atoms with Crippen LogP contribution >= 0.6 is 11.3 Å². The standard InChI is InChI=1S/C22H25N3O3S/c26-12-14-6-4-5-7-15(14)20(27)24-22-18(16-8-2-1-3-9-17(16)29-22)21-23-19(25-28-21)13-10-11-13/h12-13H,1-11H2,(H,24,27). The van der Waals surface area contributed by atoms with Crippen LogP contribution in [0.2, 0.25) is 0 Å². The van der Waals surface area contributed by atoms with Crippen molar-refractivity contribution in [2.24, 2.45) is 0 Å². The van der Waals surface area contributed by atoms with Crippen molar-refractivity contribution >= 4 is 28.5 Å². The van der Waals surface area contributed by atoms with Crippen LogP contribution in [0.15, 0.2) is 15.7 Å². The highest BCUT2D eigenvalue weighted by Gasteiger charge is 2.32. The Morgan fingerprint density at radius 2 is 1.86 bits per heavy atom. The van der Waals surface area contributed by atoms with Gasteiger partial charge in [0.1, 0.15) is 11.3 Å². The number of hydrogen-bond acceptors (Lipinski definition) is 6. The van der Waals surface area contributed by atoms with E-state index in [0.29, 0.717) is 35.8 Å². The molecule has 2 heterocycles. The minimum absolute atomic E-state index is 0.161. The molecule has 0 aliphatic heterocycles. The molecule has 5 rings (SSSR count). The van der Waals surface area contributed by atoms with E-state index < -0.39 is 0 Å². The van der Waals surface area contributed by atoms with E-state index in [1.165, 1.54) is 16.9 Å². The fourth-order valence-corrected chi connectivity index (χ4v) is 5.67. The summed E-state index contributed by atoms with van der Waals surface area (Å²) in [5.41, 5.74) is 3.43. The molecular weight excluding hydrogens is 386 g/mol. The van der Waals surface area contributed by atoms with Crippen LogP contribution in [0.3, 0.4) is 0 Å². The molecule has 2 aromatic heterocycles. The number of aldehydes is 1. The van der Waals surface area contributed by atoms with Gasteiger partial charge in [0.15, 0.2) is 5.82 Å². The van der Waals surface area contributed by atoms with Crippen molar-refractivity contribution in [3.8, 4) is 11.5 Å². The highest BCUT2D eigenvalue weighted by molar-refractivity contribution is 7.17. The normalized spacial score (nSPS) is 19.6. The van der Waals surface area contributed by atoms with Crippen LogP contribution in [0, 0.1) is 0 Å². The van der Waals surface area contributed by atoms with Gasteiger partial charge in [0, 0.05) is 21.9 Å². The molecule has 3 aliphatic carbocycles. The van der Waals surface area contributed by atoms with Crippen LogP contribution in [0.5, 0.6) is 0 Å². The number of thiophene rings is 1. The maximum absolute atomic E-state index is 13.0. The lowest BCUT2D eigenvalue weighted by Gasteiger charge is -2.16. The van der Waals surface area contributed by atoms with Gasteiger partial charge in [-0.15, -0.1) is 11.3 Å². The molecule has 29 heavy (non-hydrogen) atoms. The zero-order chi connectivity index (χ0) is 19.8. The van der Waals surface area contributed by atoms with Gasteiger partial charge in [0.05, 0.1) is 5.56 Å². The lowest BCUT2D eigenvalue weighted by Crippen LogP contribution is -2.18. The molecule has 0 bridgehead atoms. The SMILES string of the molecule is O=CC1=C(C(=O)Nc2sc3c(c2-c2nc(C4CC4)no2)CCCCC3)CCCC1. The number of rotatable bonds is 5. The second kappa shape index (κ2) is 7.86. The molecule has 1 saturated carbocycles. The number of fused-ring (bicyclic) bond motifs is 1. The summed E-state index contributed by atoms with van der Waals surface area (Å²) in [5, 5.41) is 8.09. The summed E-state index contributed by atoms with van der Waals surface area (Å²) in [5.74, 6) is 1.57. The van der Waals surface area contributed by atoms with Crippen LogP contribution in [0.1, 0.15) is 80.0 Å². The average Bonchev–Trinajstić information content (AvgIpc) is 3.45. The average molecular weight is 412 g/mol. The van der Waals surface area contributed by atoms with Crippen molar-refractivity contribution in [3.05, 3.63) is 27.4 Å². The lowest BCUT2D eigenvalue weighted by atomic mass is 9.92. The molecule has 1 N–H and O–H groups in total. The predicted molar refractivity (Wildman–Crippen MR) is 111 cm³/mol. The van der Waals surface area contributed by atoms with Crippen LogP contribution in [-0.2, 0) is 22.4 Å². The second-order valence-corrected chi connectivity index (χ2v) is 9.39. The van der Waals surface area contributed by atoms with E-state index in [1.807, 2.05) is 0 Å². The number of carbonyl (C=O) groups excluding carboxylic acids is 2. The molecule has 2 aromatic rings. The number of hydrogen-bond donors (Lipinski definition) is 1. The Bertz CT molecular complexity index is 984. The summed E-state index contributed by atoms with van der Waals surface area (Å²) in [6.45, 7) is 0. The van der Waals surface area contributed by atoms with Gasteiger partial charge < -0.3 is 9.84 Å². The predicted octanol–water partition coefficient (Wildman–Crippen LogP) is 4.95. The van der Waals surface area contributed by atoms with Gasteiger partial charge >= 0.3 is 0 Å². The smallest absolute Gasteiger partial charge is 0.261 e. The van der Waals surface area contributed by atoms with Crippen LogP contribution in [-0.4, -0.2) is 22.3 Å². The third-order valence-electron chi connectivity index (χ3n) is 6.17. The van der Waals surface area contributed by atoms with Crippen molar-refractivity contribution < 1.29 is 14.1 Å². The van der Waals surface area contributed by atoms with Crippen molar-refractivity contribution in [2.45, 2.75) is 76.5 Å². The monoisotopic (exact) mass is 411 g/mol. The van der Waals surface area contributed by atoms with E-state index in [0.717, 1.165) is 74.0 Å². The molecule has 0 atom stereocenters. The van der Waals surface area contributed by atoms with E-state index in [-0.39, 0.29) is 5.91 Å². The van der Waals surface area contributed by atoms with Crippen LogP contribution in [0.25, 0.3) is 11.5 Å². The number of anilines is 1. The third kappa shape index (κ3) is 3.68. The van der Waals surface area contributed by atoms with Gasteiger partial charge in [-0.05, 0) is 69.8 Å². The Balaban J connectivity index is 1.52. The van der Waals surface area contributed by atoms with Gasteiger partial charge in [-0.1, -0.05) is 11.6 Å². The Morgan fingerprint density at radius 1 is 1.07 bits per heavy atom. The van der Waals surface area contributed by atoms with Crippen LogP contribution < -0.4 is 5.32 Å². The Hall–Kier alpha value is -2.28. The fourth-order valence-electron chi connectivity index (χ4n) is 4.40. The molecule has 152 valence electrons. The summed E-state index contributed by atoms with van der Waals surface area (Å²) in [4.78, 5) is 30.4. The van der Waals surface area contributed by atoms with Crippen molar-refractivity contribution in [1.29, 1.82) is 0 Å². The van der Waals surface area contributed by atoms with E-state index in [1.54, 1.807) is 11.3 Å². The molecule has 6 nitrogen and oxygen atoms in total. The van der Waals surface area contributed by atoms with E-state index in [2.05, 4.69) is 15.5 Å². The summed E-state index contributed by atoms with van der Waals surface area (Å²) in [6, 6.07) is 0. The first kappa shape index (κ1) is 18.7. The first-order valence-corrected chi connectivity index (χ1v) is 11.5. The molecule has 0 aromatic carbocycles. The first-order valence-electron chi connectivity index (χ1n) is 10.7. The Kier molecular flexibility index (Phi) is 5.08. The van der Waals surface area contributed by atoms with Gasteiger partial charge in [-0.25, -0.2) is 0 Å². The Labute approximate surface area is 173 Å². The summed E-state index contributed by atoms with van der Waals surface area (Å²) < 4.78 is 5.65. The molecule has 7 heteroatoms. The molecule has 1 amide bonds. The highest BCUT2D eigenvalue weighted by Crippen LogP contribution is 2.45. The highest BCUT2D eigenvalue weighted by atomic mass is 32.1. The number of nitrogens with one attached hydrogen (secondary N) is 1. The molecule has 1 fully saturated rings. The van der Waals surface area contributed by atoms with Gasteiger partial charge in [0.2, 0.25) is 0 Å². The molecule has 3 aliphatic rings. The van der Waals surface area contributed by atoms with E-state index in [4.69, 9.17) is 4.52 Å². The zero-order valence-corrected chi connectivity index (χ0v) is 17.3. The Morgan fingerprint density at radius 3 is 2.69 bits per heavy atom. The maximum Gasteiger partial charge on any atom is 0.261 e. The number of carbonyl (C=O) groups is 2. The van der Waals surface area contributed by atoms with Crippen molar-refractivity contribution in [1.82, 2.24) is 10.1 Å². The van der Waals surface area contributed by atoms with E-state index in [9.17, 15) is 9.59 Å². The fraction of sp³-hybridized carbons (Fsp3) is 0.545. The summed E-state index contributed by atoms with van der Waals surface area (Å²) >= 11 is 1.63. The third-order valence-corrected chi connectivity index (χ3v) is 7.38. The van der Waals surface area contributed by atoms with Crippen molar-refractivity contribution in [3.63, 3.8) is 0 Å². The molecule has 0 spiro atoms. The number of amides is 1. The van der Waals surface area contributed by atoms with Crippen molar-refractivity contribution in [2.75, 3.05) is 5.32 Å². The topological polar surface area (TPSA) is 85.1 Å². The first-order chi connectivity index (χ1) is 14.2. The molecule has 0 unspecified atom stereocenters. The van der Waals surface area contributed by atoms with E-state index >= 15 is 0 Å². The van der Waals surface area contributed by atoms with Gasteiger partial charge in [-0.3, -0.25) is 9.59 Å². The van der Waals surface area contributed by atoms with Gasteiger partial charge in [0.25, 0.3) is 11.8 Å². The second-order valence-electron chi connectivity index (χ2n) is 8.28. The lowest BCUT2D eigenvalue weighted by molar-refractivity contribution is -0.113. The van der Waals surface area contributed by atoms with Gasteiger partial charge in [-0.2, -0.15) is 4.98 Å². The summed E-state index contributed by atoms with van der Waals surface area (Å²) in [6.07, 6.45) is 11.9. The molecular formula is C22H25N3O3S.